The molecule has 2 fully saturated rings. The van der Waals surface area contributed by atoms with E-state index in [4.69, 9.17) is 4.74 Å². The Morgan fingerprint density at radius 2 is 2.04 bits per heavy atom. The number of urea groups is 1. The first kappa shape index (κ1) is 18.7. The van der Waals surface area contributed by atoms with Crippen molar-refractivity contribution >= 4 is 17.6 Å². The smallest absolute Gasteiger partial charge is 0.321 e. The molecule has 3 rings (SSSR count). The van der Waals surface area contributed by atoms with Crippen molar-refractivity contribution in [1.82, 2.24) is 10.2 Å². The second-order valence-corrected chi connectivity index (χ2v) is 7.32. The van der Waals surface area contributed by atoms with Gasteiger partial charge in [0.1, 0.15) is 0 Å². The number of amides is 3. The lowest BCUT2D eigenvalue weighted by atomic mass is 9.85. The molecule has 0 spiro atoms. The average molecular weight is 359 g/mol. The highest BCUT2D eigenvalue weighted by Crippen LogP contribution is 2.28. The normalized spacial score (nSPS) is 19.7. The number of anilines is 1. The Morgan fingerprint density at radius 1 is 1.19 bits per heavy atom. The Morgan fingerprint density at radius 3 is 2.69 bits per heavy atom. The third-order valence-corrected chi connectivity index (χ3v) is 5.26. The van der Waals surface area contributed by atoms with Gasteiger partial charge in [-0.25, -0.2) is 4.79 Å². The van der Waals surface area contributed by atoms with Gasteiger partial charge < -0.3 is 20.3 Å². The van der Waals surface area contributed by atoms with E-state index in [0.29, 0.717) is 18.9 Å². The topological polar surface area (TPSA) is 70.7 Å². The summed E-state index contributed by atoms with van der Waals surface area (Å²) < 4.78 is 5.73. The number of hydrogen-bond acceptors (Lipinski definition) is 3. The lowest BCUT2D eigenvalue weighted by molar-refractivity contribution is -0.119. The molecule has 1 saturated carbocycles. The van der Waals surface area contributed by atoms with Crippen LogP contribution in [0.15, 0.2) is 24.3 Å². The monoisotopic (exact) mass is 359 g/mol. The highest BCUT2D eigenvalue weighted by molar-refractivity contribution is 5.89. The van der Waals surface area contributed by atoms with Gasteiger partial charge in [-0.3, -0.25) is 4.79 Å². The van der Waals surface area contributed by atoms with Gasteiger partial charge in [-0.1, -0.05) is 18.6 Å². The van der Waals surface area contributed by atoms with E-state index < -0.39 is 0 Å². The van der Waals surface area contributed by atoms with Gasteiger partial charge in [-0.15, -0.1) is 0 Å². The number of hydrogen-bond donors (Lipinski definition) is 2. The van der Waals surface area contributed by atoms with E-state index in [1.165, 1.54) is 19.3 Å². The summed E-state index contributed by atoms with van der Waals surface area (Å²) in [6, 6.07) is 7.40. The molecule has 6 nitrogen and oxygen atoms in total. The lowest BCUT2D eigenvalue weighted by Crippen LogP contribution is -2.44. The van der Waals surface area contributed by atoms with Gasteiger partial charge >= 0.3 is 6.03 Å². The Labute approximate surface area is 155 Å². The molecular formula is C20H29N3O3. The molecule has 1 heterocycles. The van der Waals surface area contributed by atoms with Crippen molar-refractivity contribution in [3.05, 3.63) is 29.8 Å². The third-order valence-electron chi connectivity index (χ3n) is 5.26. The number of carbonyl (C=O) groups excluding carboxylic acids is 2. The van der Waals surface area contributed by atoms with E-state index in [1.807, 2.05) is 29.2 Å². The summed E-state index contributed by atoms with van der Waals surface area (Å²) in [7, 11) is 1.62. The van der Waals surface area contributed by atoms with Crippen LogP contribution in [0.5, 0.6) is 0 Å². The molecule has 1 saturated heterocycles. The number of likely N-dealkylation sites (N-methyl/N-ethyl adjacent to an activating group) is 1. The van der Waals surface area contributed by atoms with Crippen molar-refractivity contribution in [2.24, 2.45) is 5.92 Å². The first-order chi connectivity index (χ1) is 12.6. The number of rotatable bonds is 7. The van der Waals surface area contributed by atoms with Crippen LogP contribution in [0.25, 0.3) is 0 Å². The van der Waals surface area contributed by atoms with E-state index in [2.05, 4.69) is 10.6 Å². The molecule has 1 aromatic carbocycles. The molecule has 0 radical (unpaired) electrons. The SMILES string of the molecule is CNC(=O)Cc1cccc(NC(=O)N(CC2CCC2)CC2CCCO2)c1. The lowest BCUT2D eigenvalue weighted by Gasteiger charge is -2.33. The van der Waals surface area contributed by atoms with Gasteiger partial charge in [0, 0.05) is 32.4 Å². The third kappa shape index (κ3) is 5.21. The van der Waals surface area contributed by atoms with Crippen molar-refractivity contribution in [3.8, 4) is 0 Å². The van der Waals surface area contributed by atoms with Crippen LogP contribution in [0.4, 0.5) is 10.5 Å². The predicted molar refractivity (Wildman–Crippen MR) is 101 cm³/mol. The van der Waals surface area contributed by atoms with Crippen molar-refractivity contribution < 1.29 is 14.3 Å². The molecule has 1 aromatic rings. The summed E-state index contributed by atoms with van der Waals surface area (Å²) in [4.78, 5) is 26.3. The van der Waals surface area contributed by atoms with Gasteiger partial charge in [0.15, 0.2) is 0 Å². The van der Waals surface area contributed by atoms with Crippen LogP contribution in [-0.2, 0) is 16.0 Å². The van der Waals surface area contributed by atoms with Crippen LogP contribution in [0.2, 0.25) is 0 Å². The molecule has 0 aromatic heterocycles. The Balaban J connectivity index is 1.62. The maximum atomic E-state index is 12.8. The minimum absolute atomic E-state index is 0.0431. The molecule has 1 unspecified atom stereocenters. The number of ether oxygens (including phenoxy) is 1. The zero-order valence-electron chi connectivity index (χ0n) is 15.5. The molecule has 142 valence electrons. The summed E-state index contributed by atoms with van der Waals surface area (Å²) in [5, 5.41) is 5.62. The number of carbonyl (C=O) groups is 2. The Kier molecular flexibility index (Phi) is 6.50. The summed E-state index contributed by atoms with van der Waals surface area (Å²) in [6.45, 7) is 2.25. The zero-order chi connectivity index (χ0) is 18.4. The van der Waals surface area contributed by atoms with Gasteiger partial charge in [-0.05, 0) is 49.3 Å². The number of nitrogens with zero attached hydrogens (tertiary/aromatic N) is 1. The van der Waals surface area contributed by atoms with Crippen LogP contribution in [0.3, 0.4) is 0 Å². The molecule has 1 aliphatic heterocycles. The van der Waals surface area contributed by atoms with Crippen molar-refractivity contribution in [2.75, 3.05) is 32.1 Å². The van der Waals surface area contributed by atoms with Crippen LogP contribution in [0, 0.1) is 5.92 Å². The van der Waals surface area contributed by atoms with Crippen LogP contribution < -0.4 is 10.6 Å². The maximum Gasteiger partial charge on any atom is 0.321 e. The van der Waals surface area contributed by atoms with E-state index in [-0.39, 0.29) is 18.0 Å². The highest BCUT2D eigenvalue weighted by atomic mass is 16.5. The van der Waals surface area contributed by atoms with Crippen molar-refractivity contribution in [2.45, 2.75) is 44.6 Å². The molecule has 1 aliphatic carbocycles. The summed E-state index contributed by atoms with van der Waals surface area (Å²) in [5.74, 6) is 0.570. The van der Waals surface area contributed by atoms with Crippen LogP contribution >= 0.6 is 0 Å². The Hall–Kier alpha value is -2.08. The first-order valence-electron chi connectivity index (χ1n) is 9.61. The number of benzene rings is 1. The minimum atomic E-state index is -0.0792. The van der Waals surface area contributed by atoms with Crippen LogP contribution in [-0.4, -0.2) is 49.7 Å². The predicted octanol–water partition coefficient (Wildman–Crippen LogP) is 2.79. The minimum Gasteiger partial charge on any atom is -0.376 e. The molecule has 0 bridgehead atoms. The second-order valence-electron chi connectivity index (χ2n) is 7.32. The molecule has 2 N–H and O–H groups in total. The van der Waals surface area contributed by atoms with E-state index in [9.17, 15) is 9.59 Å². The number of nitrogens with one attached hydrogen (secondary N) is 2. The average Bonchev–Trinajstić information content (AvgIpc) is 3.10. The van der Waals surface area contributed by atoms with Gasteiger partial charge in [0.2, 0.25) is 5.91 Å². The second kappa shape index (κ2) is 9.03. The highest BCUT2D eigenvalue weighted by Gasteiger charge is 2.27. The molecule has 2 aliphatic rings. The molecule has 6 heteroatoms. The molecule has 1 atom stereocenters. The quantitative estimate of drug-likeness (QED) is 0.786. The molecule has 26 heavy (non-hydrogen) atoms. The van der Waals surface area contributed by atoms with Gasteiger partial charge in [0.25, 0.3) is 0 Å². The zero-order valence-corrected chi connectivity index (χ0v) is 15.5. The molecular weight excluding hydrogens is 330 g/mol. The van der Waals surface area contributed by atoms with E-state index in [1.54, 1.807) is 7.05 Å². The first-order valence-corrected chi connectivity index (χ1v) is 9.61. The summed E-state index contributed by atoms with van der Waals surface area (Å²) >= 11 is 0. The van der Waals surface area contributed by atoms with E-state index >= 15 is 0 Å². The van der Waals surface area contributed by atoms with Gasteiger partial charge in [0.05, 0.1) is 12.5 Å². The van der Waals surface area contributed by atoms with Crippen LogP contribution in [0.1, 0.15) is 37.7 Å². The Bertz CT molecular complexity index is 624. The fourth-order valence-corrected chi connectivity index (χ4v) is 3.50. The van der Waals surface area contributed by atoms with Gasteiger partial charge in [-0.2, -0.15) is 0 Å². The molecule has 3 amide bonds. The summed E-state index contributed by atoms with van der Waals surface area (Å²) in [6.07, 6.45) is 6.23. The van der Waals surface area contributed by atoms with Crippen molar-refractivity contribution in [3.63, 3.8) is 0 Å². The fraction of sp³-hybridized carbons (Fsp3) is 0.600. The summed E-state index contributed by atoms with van der Waals surface area (Å²) in [5.41, 5.74) is 1.61. The largest absolute Gasteiger partial charge is 0.376 e. The van der Waals surface area contributed by atoms with Crippen molar-refractivity contribution in [1.29, 1.82) is 0 Å². The maximum absolute atomic E-state index is 12.8. The van der Waals surface area contributed by atoms with E-state index in [0.717, 1.165) is 37.2 Å². The standard InChI is InChI=1S/C20H29N3O3/c1-21-19(24)12-16-7-3-8-17(11-16)22-20(25)23(13-15-5-2-6-15)14-18-9-4-10-26-18/h3,7-8,11,15,18H,2,4-6,9-10,12-14H2,1H3,(H,21,24)(H,22,25). The fourth-order valence-electron chi connectivity index (χ4n) is 3.50.